The van der Waals surface area contributed by atoms with Crippen molar-refractivity contribution in [3.8, 4) is 5.69 Å². The maximum absolute atomic E-state index is 12.5. The van der Waals surface area contributed by atoms with E-state index in [-0.39, 0.29) is 5.91 Å². The number of piperazine rings is 1. The van der Waals surface area contributed by atoms with Crippen LogP contribution in [0.25, 0.3) is 5.69 Å². The highest BCUT2D eigenvalue weighted by atomic mass is 16.5. The molecule has 0 atom stereocenters. The van der Waals surface area contributed by atoms with Crippen LogP contribution in [0.4, 0.5) is 0 Å². The van der Waals surface area contributed by atoms with E-state index in [2.05, 4.69) is 33.2 Å². The van der Waals surface area contributed by atoms with Crippen LogP contribution in [0.3, 0.4) is 0 Å². The minimum Gasteiger partial charge on any atom is -0.379 e. The Morgan fingerprint density at radius 2 is 1.70 bits per heavy atom. The predicted octanol–water partition coefficient (Wildman–Crippen LogP) is 0.849. The second kappa shape index (κ2) is 8.65. The van der Waals surface area contributed by atoms with Crippen LogP contribution in [-0.2, 0) is 16.1 Å². The Kier molecular flexibility index (Phi) is 5.81. The average molecular weight is 369 g/mol. The van der Waals surface area contributed by atoms with Gasteiger partial charge in [-0.1, -0.05) is 18.2 Å². The van der Waals surface area contributed by atoms with E-state index in [1.807, 2.05) is 34.0 Å². The molecule has 0 aliphatic carbocycles. The largest absolute Gasteiger partial charge is 0.379 e. The Morgan fingerprint density at radius 3 is 2.44 bits per heavy atom. The SMILES string of the molecule is O=C(CN1CCOCC1)N1CCN(Cc2cnn(-c3ccccc3)c2)CC1. The molecule has 2 aromatic rings. The van der Waals surface area contributed by atoms with Gasteiger partial charge in [0.1, 0.15) is 0 Å². The van der Waals surface area contributed by atoms with Crippen LogP contribution in [0.15, 0.2) is 42.7 Å². The lowest BCUT2D eigenvalue weighted by atomic mass is 10.2. The maximum Gasteiger partial charge on any atom is 0.236 e. The zero-order chi connectivity index (χ0) is 18.5. The molecule has 7 nitrogen and oxygen atoms in total. The Bertz CT molecular complexity index is 734. The number of carbonyl (C=O) groups excluding carboxylic acids is 1. The van der Waals surface area contributed by atoms with Crippen LogP contribution < -0.4 is 0 Å². The fraction of sp³-hybridized carbons (Fsp3) is 0.500. The number of hydrogen-bond donors (Lipinski definition) is 0. The van der Waals surface area contributed by atoms with Gasteiger partial charge in [-0.3, -0.25) is 14.6 Å². The number of carbonyl (C=O) groups is 1. The number of hydrogen-bond acceptors (Lipinski definition) is 5. The van der Waals surface area contributed by atoms with Crippen molar-refractivity contribution < 1.29 is 9.53 Å². The summed E-state index contributed by atoms with van der Waals surface area (Å²) in [5.41, 5.74) is 2.27. The number of rotatable bonds is 5. The monoisotopic (exact) mass is 369 g/mol. The quantitative estimate of drug-likeness (QED) is 0.782. The van der Waals surface area contributed by atoms with Gasteiger partial charge in [-0.15, -0.1) is 0 Å². The summed E-state index contributed by atoms with van der Waals surface area (Å²) in [7, 11) is 0. The van der Waals surface area contributed by atoms with Crippen LogP contribution in [0, 0.1) is 0 Å². The first-order chi connectivity index (χ1) is 13.3. The Morgan fingerprint density at radius 1 is 0.963 bits per heavy atom. The third-order valence-electron chi connectivity index (χ3n) is 5.25. The summed E-state index contributed by atoms with van der Waals surface area (Å²) in [4.78, 5) is 19.1. The van der Waals surface area contributed by atoms with Crippen molar-refractivity contribution in [1.29, 1.82) is 0 Å². The van der Waals surface area contributed by atoms with Crippen molar-refractivity contribution in [3.05, 3.63) is 48.3 Å². The molecule has 2 aliphatic rings. The zero-order valence-electron chi connectivity index (χ0n) is 15.7. The van der Waals surface area contributed by atoms with E-state index in [1.165, 1.54) is 5.56 Å². The molecule has 0 saturated carbocycles. The zero-order valence-corrected chi connectivity index (χ0v) is 15.7. The third-order valence-corrected chi connectivity index (χ3v) is 5.25. The smallest absolute Gasteiger partial charge is 0.236 e. The molecule has 2 fully saturated rings. The molecule has 27 heavy (non-hydrogen) atoms. The first kappa shape index (κ1) is 18.2. The number of morpholine rings is 1. The minimum atomic E-state index is 0.244. The molecule has 1 amide bonds. The molecule has 0 N–H and O–H groups in total. The van der Waals surface area contributed by atoms with Crippen molar-refractivity contribution in [1.82, 2.24) is 24.5 Å². The first-order valence-electron chi connectivity index (χ1n) is 9.67. The van der Waals surface area contributed by atoms with Crippen molar-refractivity contribution in [3.63, 3.8) is 0 Å². The average Bonchev–Trinajstić information content (AvgIpc) is 3.18. The number of ether oxygens (including phenoxy) is 1. The fourth-order valence-electron chi connectivity index (χ4n) is 3.63. The summed E-state index contributed by atoms with van der Waals surface area (Å²) in [6, 6.07) is 10.1. The van der Waals surface area contributed by atoms with Gasteiger partial charge in [-0.25, -0.2) is 4.68 Å². The minimum absolute atomic E-state index is 0.244. The summed E-state index contributed by atoms with van der Waals surface area (Å²) < 4.78 is 7.26. The summed E-state index contributed by atoms with van der Waals surface area (Å²) >= 11 is 0. The number of aromatic nitrogens is 2. The van der Waals surface area contributed by atoms with Gasteiger partial charge in [-0.05, 0) is 12.1 Å². The molecule has 2 aliphatic heterocycles. The van der Waals surface area contributed by atoms with Gasteiger partial charge in [0.25, 0.3) is 0 Å². The molecule has 0 spiro atoms. The molecular weight excluding hydrogens is 342 g/mol. The third kappa shape index (κ3) is 4.74. The summed E-state index contributed by atoms with van der Waals surface area (Å²) in [6.07, 6.45) is 4.02. The molecule has 4 rings (SSSR count). The summed E-state index contributed by atoms with van der Waals surface area (Å²) in [5.74, 6) is 0.244. The Labute approximate surface area is 160 Å². The van der Waals surface area contributed by atoms with Crippen molar-refractivity contribution in [2.24, 2.45) is 0 Å². The highest BCUT2D eigenvalue weighted by Gasteiger charge is 2.23. The topological polar surface area (TPSA) is 53.8 Å². The molecule has 2 saturated heterocycles. The Hall–Kier alpha value is -2.22. The van der Waals surface area contributed by atoms with E-state index in [9.17, 15) is 4.79 Å². The molecule has 7 heteroatoms. The molecule has 0 radical (unpaired) electrons. The second-order valence-electron chi connectivity index (χ2n) is 7.17. The van der Waals surface area contributed by atoms with E-state index >= 15 is 0 Å². The van der Waals surface area contributed by atoms with Crippen molar-refractivity contribution in [2.75, 3.05) is 59.0 Å². The molecule has 3 heterocycles. The normalized spacial score (nSPS) is 19.3. The molecule has 144 valence electrons. The fourth-order valence-corrected chi connectivity index (χ4v) is 3.63. The lowest BCUT2D eigenvalue weighted by Crippen LogP contribution is -2.51. The van der Waals surface area contributed by atoms with Gasteiger partial charge in [-0.2, -0.15) is 5.10 Å². The molecule has 1 aromatic carbocycles. The summed E-state index contributed by atoms with van der Waals surface area (Å²) in [5, 5.41) is 4.47. The number of para-hydroxylation sites is 1. The van der Waals surface area contributed by atoms with Gasteiger partial charge in [0.15, 0.2) is 0 Å². The molecule has 0 unspecified atom stereocenters. The van der Waals surface area contributed by atoms with E-state index in [0.29, 0.717) is 6.54 Å². The van der Waals surface area contributed by atoms with E-state index < -0.39 is 0 Å². The summed E-state index contributed by atoms with van der Waals surface area (Å²) in [6.45, 7) is 8.00. The highest BCUT2D eigenvalue weighted by molar-refractivity contribution is 5.78. The van der Waals surface area contributed by atoms with Gasteiger partial charge in [0.05, 0.1) is 31.6 Å². The highest BCUT2D eigenvalue weighted by Crippen LogP contribution is 2.12. The van der Waals surface area contributed by atoms with Gasteiger partial charge >= 0.3 is 0 Å². The van der Waals surface area contributed by atoms with E-state index in [0.717, 1.165) is 64.7 Å². The Balaban J connectivity index is 1.25. The standard InChI is InChI=1S/C20H27N5O2/c26-20(17-23-10-12-27-13-11-23)24-8-6-22(7-9-24)15-18-14-21-25(16-18)19-4-2-1-3-5-19/h1-5,14,16H,6-13,15,17H2. The first-order valence-corrected chi connectivity index (χ1v) is 9.67. The lowest BCUT2D eigenvalue weighted by molar-refractivity contribution is -0.135. The maximum atomic E-state index is 12.5. The second-order valence-corrected chi connectivity index (χ2v) is 7.17. The molecule has 1 aromatic heterocycles. The van der Waals surface area contributed by atoms with Gasteiger partial charge in [0, 0.05) is 57.6 Å². The van der Waals surface area contributed by atoms with Crippen LogP contribution in [-0.4, -0.2) is 89.4 Å². The van der Waals surface area contributed by atoms with Gasteiger partial charge in [0.2, 0.25) is 5.91 Å². The lowest BCUT2D eigenvalue weighted by Gasteiger charge is -2.36. The molecule has 0 bridgehead atoms. The van der Waals surface area contributed by atoms with Gasteiger partial charge < -0.3 is 9.64 Å². The van der Waals surface area contributed by atoms with Crippen LogP contribution in [0.1, 0.15) is 5.56 Å². The molecular formula is C20H27N5O2. The van der Waals surface area contributed by atoms with E-state index in [1.54, 1.807) is 0 Å². The van der Waals surface area contributed by atoms with Crippen molar-refractivity contribution in [2.45, 2.75) is 6.54 Å². The van der Waals surface area contributed by atoms with Crippen LogP contribution in [0.2, 0.25) is 0 Å². The predicted molar refractivity (Wildman–Crippen MR) is 103 cm³/mol. The number of nitrogens with zero attached hydrogens (tertiary/aromatic N) is 5. The number of benzene rings is 1. The van der Waals surface area contributed by atoms with Crippen molar-refractivity contribution >= 4 is 5.91 Å². The number of amides is 1. The van der Waals surface area contributed by atoms with Crippen LogP contribution in [0.5, 0.6) is 0 Å². The van der Waals surface area contributed by atoms with E-state index in [4.69, 9.17) is 4.74 Å². The van der Waals surface area contributed by atoms with Crippen LogP contribution >= 0.6 is 0 Å².